The minimum absolute atomic E-state index is 0.0774. The SMILES string of the molecule is CC(C)(C)c1ccc(N(c2cccc(C(C)(C)C)c2)c2ccc3c(c2)N(c2c(-c4ccccc4)cccc2-c2ccccc2)c2cc(-n4c5ccc(C(C)(C)C)cc5c5cc(C(C)(C)C)ccc54)cc4c2B3c2c(cc(N(c3ccc(C(C)(C)C)cc3)c3cccc(C(C)(C)C)c3)c3c2sc2ccccc23)N4c2c(-c3ccccc3)cccc2-c2ccccc2)cc1. The second-order valence-electron chi connectivity index (χ2n) is 41.4. The lowest BCUT2D eigenvalue weighted by Crippen LogP contribution is -2.61. The van der Waals surface area contributed by atoms with Crippen LogP contribution in [-0.4, -0.2) is 11.3 Å². The molecule has 127 heavy (non-hydrogen) atoms. The van der Waals surface area contributed by atoms with E-state index in [0.29, 0.717) is 0 Å². The highest BCUT2D eigenvalue weighted by atomic mass is 32.1. The first-order chi connectivity index (χ1) is 60.8. The number of hydrogen-bond donors (Lipinski definition) is 0. The number of aromatic nitrogens is 1. The molecule has 0 unspecified atom stereocenters. The molecule has 4 heterocycles. The van der Waals surface area contributed by atoms with Gasteiger partial charge in [0, 0.05) is 104 Å². The Morgan fingerprint density at radius 3 is 1.05 bits per heavy atom. The molecule has 0 atom stereocenters. The summed E-state index contributed by atoms with van der Waals surface area (Å²) in [5, 5.41) is 4.87. The van der Waals surface area contributed by atoms with E-state index in [9.17, 15) is 0 Å². The standard InChI is InChI=1S/C120H112BN5S/c1-115(2,3)81-55-61-87(62-56-81)122(89-47-33-45-83(69-89)117(7,8)9)91-65-66-100-103(73-91)125(112-93(77-37-23-19-24-38-77)50-35-51-94(112)78-39-25-20-26-40-78)105-74-92(124-101-67-59-85(119(13,14)15)71-98(101)99-72-86(120(16,17)18)60-68-102(99)124)75-106-110(105)121(100)111-107(126(106)113-95(79-41-27-21-28-42-79)52-36-53-96(113)80-43-29-22-30-44-80)76-104(109-97-49-31-32-54-108(97)127-114(109)111)123(88-63-57-82(58-64-88)116(4,5)6)90-48-34-46-84(70-90)118(10,11)12/h19-76H,1-18H3. The van der Waals surface area contributed by atoms with E-state index in [1.165, 1.54) is 80.7 Å². The van der Waals surface area contributed by atoms with E-state index in [-0.39, 0.29) is 32.5 Å². The Hall–Kier alpha value is -13.2. The first-order valence-electron chi connectivity index (χ1n) is 45.3. The molecule has 0 fully saturated rings. The summed E-state index contributed by atoms with van der Waals surface area (Å²) in [5.74, 6) is 0. The van der Waals surface area contributed by atoms with Crippen molar-refractivity contribution in [2.24, 2.45) is 0 Å². The maximum atomic E-state index is 2.78. The molecule has 0 radical (unpaired) electrons. The van der Waals surface area contributed by atoms with Crippen LogP contribution in [0.3, 0.4) is 0 Å². The van der Waals surface area contributed by atoms with Crippen molar-refractivity contribution < 1.29 is 0 Å². The van der Waals surface area contributed by atoms with Crippen molar-refractivity contribution in [3.8, 4) is 50.2 Å². The third kappa shape index (κ3) is 14.5. The summed E-state index contributed by atoms with van der Waals surface area (Å²) in [6.45, 7) is 41.7. The van der Waals surface area contributed by atoms with E-state index < -0.39 is 6.71 Å². The first kappa shape index (κ1) is 82.1. The molecule has 5 nitrogen and oxygen atoms in total. The molecule has 2 aliphatic rings. The van der Waals surface area contributed by atoms with Gasteiger partial charge in [0.2, 0.25) is 0 Å². The van der Waals surface area contributed by atoms with Crippen LogP contribution in [0.2, 0.25) is 0 Å². The Bertz CT molecular complexity index is 7100. The molecule has 18 aromatic rings. The summed E-state index contributed by atoms with van der Waals surface area (Å²) in [6.07, 6.45) is 0. The zero-order valence-corrected chi connectivity index (χ0v) is 77.5. The molecule has 0 saturated heterocycles. The molecule has 0 spiro atoms. The Morgan fingerprint density at radius 2 is 0.614 bits per heavy atom. The smallest absolute Gasteiger partial charge is 0.254 e. The number of para-hydroxylation sites is 2. The fourth-order valence-corrected chi connectivity index (χ4v) is 21.1. The number of rotatable bonds is 13. The van der Waals surface area contributed by atoms with Crippen molar-refractivity contribution >= 4 is 145 Å². The molecular weight excluding hydrogens is 1550 g/mol. The molecule has 0 saturated carbocycles. The average molecular weight is 1670 g/mol. The van der Waals surface area contributed by atoms with Crippen LogP contribution in [0.1, 0.15) is 158 Å². The Balaban J connectivity index is 1.03. The summed E-state index contributed by atoms with van der Waals surface area (Å²) in [7, 11) is 0. The summed E-state index contributed by atoms with van der Waals surface area (Å²) in [6, 6.07) is 136. The van der Waals surface area contributed by atoms with Crippen molar-refractivity contribution in [3.05, 3.63) is 385 Å². The van der Waals surface area contributed by atoms with Gasteiger partial charge in [-0.25, -0.2) is 0 Å². The van der Waals surface area contributed by atoms with Crippen molar-refractivity contribution in [2.75, 3.05) is 19.6 Å². The van der Waals surface area contributed by atoms with Crippen LogP contribution < -0.4 is 36.0 Å². The summed E-state index contributed by atoms with van der Waals surface area (Å²) >= 11 is 1.94. The Labute approximate surface area is 756 Å². The van der Waals surface area contributed by atoms with Gasteiger partial charge in [0.25, 0.3) is 6.71 Å². The van der Waals surface area contributed by atoms with Gasteiger partial charge in [-0.05, 0) is 214 Å². The van der Waals surface area contributed by atoms with Crippen molar-refractivity contribution in [2.45, 2.75) is 157 Å². The number of hydrogen-bond acceptors (Lipinski definition) is 5. The minimum atomic E-state index is -0.405. The van der Waals surface area contributed by atoms with Crippen molar-refractivity contribution in [1.82, 2.24) is 4.57 Å². The van der Waals surface area contributed by atoms with Gasteiger partial charge in [-0.3, -0.25) is 0 Å². The summed E-state index contributed by atoms with van der Waals surface area (Å²) < 4.78 is 5.09. The van der Waals surface area contributed by atoms with Gasteiger partial charge < -0.3 is 24.2 Å². The normalized spacial score (nSPS) is 13.1. The van der Waals surface area contributed by atoms with Crippen LogP contribution in [0.5, 0.6) is 0 Å². The highest BCUT2D eigenvalue weighted by Crippen LogP contribution is 2.58. The molecule has 0 aliphatic carbocycles. The maximum Gasteiger partial charge on any atom is 0.254 e. The van der Waals surface area contributed by atoms with E-state index in [4.69, 9.17) is 0 Å². The number of fused-ring (bicyclic) bond motifs is 11. The molecule has 20 rings (SSSR count). The highest BCUT2D eigenvalue weighted by Gasteiger charge is 2.48. The molecule has 2 aromatic heterocycles. The molecule has 0 N–H and O–H groups in total. The number of anilines is 12. The lowest BCUT2D eigenvalue weighted by molar-refractivity contribution is 0.590. The molecule has 7 heteroatoms. The first-order valence-corrected chi connectivity index (χ1v) is 46.1. The third-order valence-electron chi connectivity index (χ3n) is 26.7. The quantitative estimate of drug-likeness (QED) is 0.107. The van der Waals surface area contributed by atoms with E-state index >= 15 is 0 Å². The number of thiophene rings is 1. The molecule has 16 aromatic carbocycles. The van der Waals surface area contributed by atoms with Crippen LogP contribution in [0.15, 0.2) is 352 Å². The molecule has 0 amide bonds. The number of nitrogens with zero attached hydrogens (tertiary/aromatic N) is 5. The van der Waals surface area contributed by atoms with Crippen LogP contribution in [0.25, 0.3) is 92.2 Å². The van der Waals surface area contributed by atoms with E-state index in [1.807, 2.05) is 11.3 Å². The van der Waals surface area contributed by atoms with E-state index in [0.717, 1.165) is 129 Å². The fourth-order valence-electron chi connectivity index (χ4n) is 19.8. The predicted molar refractivity (Wildman–Crippen MR) is 551 cm³/mol. The molecule has 0 bridgehead atoms. The second kappa shape index (κ2) is 30.8. The highest BCUT2D eigenvalue weighted by molar-refractivity contribution is 7.28. The topological polar surface area (TPSA) is 17.9 Å². The largest absolute Gasteiger partial charge is 0.310 e. The third-order valence-corrected chi connectivity index (χ3v) is 27.9. The van der Waals surface area contributed by atoms with Crippen molar-refractivity contribution in [1.29, 1.82) is 0 Å². The number of benzene rings is 16. The van der Waals surface area contributed by atoms with Gasteiger partial charge in [0.15, 0.2) is 0 Å². The maximum absolute atomic E-state index is 2.78. The average Bonchev–Trinajstić information content (AvgIpc) is 1.67. The predicted octanol–water partition coefficient (Wildman–Crippen LogP) is 32.6. The lowest BCUT2D eigenvalue weighted by atomic mass is 9.33. The van der Waals surface area contributed by atoms with Crippen LogP contribution in [-0.2, 0) is 32.5 Å². The van der Waals surface area contributed by atoms with Gasteiger partial charge in [-0.1, -0.05) is 367 Å². The Morgan fingerprint density at radius 1 is 0.260 bits per heavy atom. The molecule has 2 aliphatic heterocycles. The molecular formula is C120H112BN5S. The monoisotopic (exact) mass is 1670 g/mol. The minimum Gasteiger partial charge on any atom is -0.310 e. The van der Waals surface area contributed by atoms with Gasteiger partial charge in [0.05, 0.1) is 33.8 Å². The lowest BCUT2D eigenvalue weighted by Gasteiger charge is -2.46. The van der Waals surface area contributed by atoms with E-state index in [2.05, 4.69) is 501 Å². The van der Waals surface area contributed by atoms with Crippen LogP contribution in [0, 0.1) is 0 Å². The van der Waals surface area contributed by atoms with Gasteiger partial charge in [-0.15, -0.1) is 11.3 Å². The van der Waals surface area contributed by atoms with Gasteiger partial charge >= 0.3 is 0 Å². The zero-order valence-electron chi connectivity index (χ0n) is 76.7. The van der Waals surface area contributed by atoms with Crippen LogP contribution >= 0.6 is 11.3 Å². The second-order valence-corrected chi connectivity index (χ2v) is 42.5. The van der Waals surface area contributed by atoms with Gasteiger partial charge in [-0.2, -0.15) is 0 Å². The molecule has 626 valence electrons. The van der Waals surface area contributed by atoms with Crippen molar-refractivity contribution in [3.63, 3.8) is 0 Å². The van der Waals surface area contributed by atoms with E-state index in [1.54, 1.807) is 0 Å². The fraction of sp³-hybridized carbons (Fsp3) is 0.200. The van der Waals surface area contributed by atoms with Gasteiger partial charge in [0.1, 0.15) is 0 Å². The summed E-state index contributed by atoms with van der Waals surface area (Å²) in [4.78, 5) is 10.7. The Kier molecular flexibility index (Phi) is 19.9. The summed E-state index contributed by atoms with van der Waals surface area (Å²) in [5.41, 5.74) is 35.8. The zero-order chi connectivity index (χ0) is 88.1. The van der Waals surface area contributed by atoms with Crippen LogP contribution in [0.4, 0.5) is 68.2 Å².